The summed E-state index contributed by atoms with van der Waals surface area (Å²) >= 11 is 0. The van der Waals surface area contributed by atoms with Gasteiger partial charge in [-0.05, 0) is 30.5 Å². The number of para-hydroxylation sites is 1. The molecule has 2 aromatic carbocycles. The van der Waals surface area contributed by atoms with Crippen LogP contribution in [0.2, 0.25) is 0 Å². The Labute approximate surface area is 197 Å². The van der Waals surface area contributed by atoms with Crippen LogP contribution < -0.4 is 5.32 Å². The number of esters is 1. The molecule has 0 spiro atoms. The van der Waals surface area contributed by atoms with E-state index >= 15 is 0 Å². The first-order chi connectivity index (χ1) is 16.6. The summed E-state index contributed by atoms with van der Waals surface area (Å²) in [7, 11) is 0. The number of carbonyl (C=O) groups is 2. The third-order valence-corrected chi connectivity index (χ3v) is 5.55. The summed E-state index contributed by atoms with van der Waals surface area (Å²) in [6.07, 6.45) is 2.37. The van der Waals surface area contributed by atoms with Gasteiger partial charge in [0.25, 0.3) is 0 Å². The Bertz CT molecular complexity index is 1260. The minimum atomic E-state index is -0.569. The van der Waals surface area contributed by atoms with Gasteiger partial charge in [0.15, 0.2) is 5.69 Å². The number of hydrogen-bond donors (Lipinski definition) is 3. The van der Waals surface area contributed by atoms with Gasteiger partial charge in [0.2, 0.25) is 0 Å². The van der Waals surface area contributed by atoms with Crippen LogP contribution in [0.25, 0.3) is 10.9 Å². The summed E-state index contributed by atoms with van der Waals surface area (Å²) in [5.74, 6) is -0.0128. The highest BCUT2D eigenvalue weighted by Crippen LogP contribution is 2.25. The molecular formula is C26H28N4O4. The molecule has 1 atom stereocenters. The zero-order valence-electron chi connectivity index (χ0n) is 19.3. The van der Waals surface area contributed by atoms with Crippen molar-refractivity contribution in [3.63, 3.8) is 0 Å². The van der Waals surface area contributed by atoms with E-state index in [4.69, 9.17) is 9.47 Å². The maximum Gasteiger partial charge on any atom is 0.408 e. The lowest BCUT2D eigenvalue weighted by atomic mass is 10.0. The quantitative estimate of drug-likeness (QED) is 0.310. The summed E-state index contributed by atoms with van der Waals surface area (Å²) < 4.78 is 10.6. The van der Waals surface area contributed by atoms with E-state index in [1.54, 1.807) is 6.92 Å². The molecule has 4 aromatic rings. The second kappa shape index (κ2) is 10.7. The number of H-pyrrole nitrogens is 2. The van der Waals surface area contributed by atoms with Gasteiger partial charge in [-0.3, -0.25) is 0 Å². The van der Waals surface area contributed by atoms with E-state index in [-0.39, 0.29) is 18.9 Å². The molecule has 8 nitrogen and oxygen atoms in total. The van der Waals surface area contributed by atoms with Crippen molar-refractivity contribution in [2.24, 2.45) is 0 Å². The van der Waals surface area contributed by atoms with Crippen LogP contribution in [0.5, 0.6) is 0 Å². The monoisotopic (exact) mass is 460 g/mol. The first-order valence-corrected chi connectivity index (χ1v) is 11.4. The van der Waals surface area contributed by atoms with E-state index in [1.165, 1.54) is 0 Å². The number of benzene rings is 2. The molecule has 0 unspecified atom stereocenters. The molecule has 4 rings (SSSR count). The number of ether oxygens (including phenoxy) is 2. The Kier molecular flexibility index (Phi) is 7.27. The molecule has 0 fully saturated rings. The van der Waals surface area contributed by atoms with Crippen molar-refractivity contribution in [1.82, 2.24) is 20.3 Å². The van der Waals surface area contributed by atoms with Crippen molar-refractivity contribution in [1.29, 1.82) is 0 Å². The highest BCUT2D eigenvalue weighted by Gasteiger charge is 2.25. The highest BCUT2D eigenvalue weighted by atomic mass is 16.5. The molecule has 0 radical (unpaired) electrons. The maximum absolute atomic E-state index is 12.7. The average molecular weight is 461 g/mol. The zero-order chi connectivity index (χ0) is 23.9. The molecule has 2 aromatic heterocycles. The smallest absolute Gasteiger partial charge is 0.408 e. The standard InChI is InChI=1S/C26H28N4O4/c1-3-20-23(25(31)33-4-2)30-24(28-20)22(14-18-15-27-21-13-9-8-12-19(18)21)29-26(32)34-16-17-10-6-5-7-11-17/h5-13,15,22,27H,3-4,14,16H2,1-2H3,(H,28,30)(H,29,32)/t22-/m1/s1. The zero-order valence-corrected chi connectivity index (χ0v) is 19.3. The Hall–Kier alpha value is -4.07. The highest BCUT2D eigenvalue weighted by molar-refractivity contribution is 5.88. The first kappa shape index (κ1) is 23.1. The molecular weight excluding hydrogens is 432 g/mol. The number of aromatic nitrogens is 3. The number of alkyl carbamates (subject to hydrolysis) is 1. The molecule has 0 saturated heterocycles. The fraction of sp³-hybridized carbons (Fsp3) is 0.269. The van der Waals surface area contributed by atoms with Gasteiger partial charge in [-0.2, -0.15) is 0 Å². The molecule has 0 aliphatic heterocycles. The number of nitrogens with one attached hydrogen (secondary N) is 3. The van der Waals surface area contributed by atoms with Crippen LogP contribution in [0.1, 0.15) is 53.0 Å². The lowest BCUT2D eigenvalue weighted by molar-refractivity contribution is 0.0518. The number of imidazole rings is 1. The van der Waals surface area contributed by atoms with Gasteiger partial charge in [-0.25, -0.2) is 14.6 Å². The molecule has 2 heterocycles. The number of aromatic amines is 2. The minimum Gasteiger partial charge on any atom is -0.461 e. The number of rotatable bonds is 9. The van der Waals surface area contributed by atoms with Crippen molar-refractivity contribution in [3.8, 4) is 0 Å². The third kappa shape index (κ3) is 5.28. The SMILES string of the molecule is CCOC(=O)c1nc([C@@H](Cc2c[nH]c3ccccc23)NC(=O)OCc2ccccc2)[nH]c1CC. The number of carbonyl (C=O) groups excluding carboxylic acids is 2. The summed E-state index contributed by atoms with van der Waals surface area (Å²) in [6.45, 7) is 4.09. The van der Waals surface area contributed by atoms with Crippen molar-refractivity contribution in [2.75, 3.05) is 6.61 Å². The van der Waals surface area contributed by atoms with Gasteiger partial charge in [-0.1, -0.05) is 55.5 Å². The Morgan fingerprint density at radius 3 is 2.56 bits per heavy atom. The van der Waals surface area contributed by atoms with Crippen molar-refractivity contribution < 1.29 is 19.1 Å². The largest absolute Gasteiger partial charge is 0.461 e. The third-order valence-electron chi connectivity index (χ3n) is 5.55. The number of amides is 1. The lowest BCUT2D eigenvalue weighted by Crippen LogP contribution is -2.31. The molecule has 0 aliphatic carbocycles. The molecule has 34 heavy (non-hydrogen) atoms. The molecule has 176 valence electrons. The summed E-state index contributed by atoms with van der Waals surface area (Å²) in [6, 6.07) is 16.9. The Morgan fingerprint density at radius 2 is 1.79 bits per heavy atom. The predicted molar refractivity (Wildman–Crippen MR) is 128 cm³/mol. The normalized spacial score (nSPS) is 11.8. The van der Waals surface area contributed by atoms with Crippen molar-refractivity contribution >= 4 is 23.0 Å². The molecule has 3 N–H and O–H groups in total. The van der Waals surface area contributed by atoms with E-state index in [9.17, 15) is 9.59 Å². The lowest BCUT2D eigenvalue weighted by Gasteiger charge is -2.17. The van der Waals surface area contributed by atoms with E-state index < -0.39 is 18.1 Å². The molecule has 1 amide bonds. The van der Waals surface area contributed by atoms with Crippen LogP contribution in [0.3, 0.4) is 0 Å². The molecule has 0 saturated carbocycles. The van der Waals surface area contributed by atoms with E-state index in [0.29, 0.717) is 24.4 Å². The van der Waals surface area contributed by atoms with Crippen molar-refractivity contribution in [2.45, 2.75) is 39.3 Å². The molecule has 8 heteroatoms. The average Bonchev–Trinajstić information content (AvgIpc) is 3.48. The summed E-state index contributed by atoms with van der Waals surface area (Å²) in [5.41, 5.74) is 3.81. The van der Waals surface area contributed by atoms with Crippen LogP contribution in [0.4, 0.5) is 4.79 Å². The van der Waals surface area contributed by atoms with Gasteiger partial charge in [0, 0.05) is 29.2 Å². The number of aryl methyl sites for hydroxylation is 1. The minimum absolute atomic E-state index is 0.152. The van der Waals surface area contributed by atoms with Crippen LogP contribution in [-0.4, -0.2) is 33.6 Å². The van der Waals surface area contributed by atoms with Crippen molar-refractivity contribution in [3.05, 3.63) is 89.1 Å². The number of hydrogen-bond acceptors (Lipinski definition) is 5. The van der Waals surface area contributed by atoms with Gasteiger partial charge in [-0.15, -0.1) is 0 Å². The molecule has 0 aliphatic rings. The maximum atomic E-state index is 12.7. The number of fused-ring (bicyclic) bond motifs is 1. The summed E-state index contributed by atoms with van der Waals surface area (Å²) in [5, 5.41) is 3.98. The van der Waals surface area contributed by atoms with Crippen LogP contribution in [0.15, 0.2) is 60.8 Å². The van der Waals surface area contributed by atoms with Gasteiger partial charge in [0.05, 0.1) is 12.6 Å². The molecule has 0 bridgehead atoms. The van der Waals surface area contributed by atoms with Crippen LogP contribution in [-0.2, 0) is 28.9 Å². The number of nitrogens with zero attached hydrogens (tertiary/aromatic N) is 1. The van der Waals surface area contributed by atoms with Gasteiger partial charge < -0.3 is 24.8 Å². The second-order valence-corrected chi connectivity index (χ2v) is 7.85. The van der Waals surface area contributed by atoms with Crippen LogP contribution in [0, 0.1) is 0 Å². The van der Waals surface area contributed by atoms with Gasteiger partial charge >= 0.3 is 12.1 Å². The fourth-order valence-corrected chi connectivity index (χ4v) is 3.86. The van der Waals surface area contributed by atoms with E-state index in [1.807, 2.05) is 67.7 Å². The Morgan fingerprint density at radius 1 is 1.03 bits per heavy atom. The van der Waals surface area contributed by atoms with Gasteiger partial charge in [0.1, 0.15) is 12.4 Å². The van der Waals surface area contributed by atoms with Crippen LogP contribution >= 0.6 is 0 Å². The Balaban J connectivity index is 1.59. The van der Waals surface area contributed by atoms with E-state index in [0.717, 1.165) is 22.0 Å². The van der Waals surface area contributed by atoms with E-state index in [2.05, 4.69) is 20.3 Å². The predicted octanol–water partition coefficient (Wildman–Crippen LogP) is 4.84. The summed E-state index contributed by atoms with van der Waals surface area (Å²) in [4.78, 5) is 36.1. The first-order valence-electron chi connectivity index (χ1n) is 11.4. The topological polar surface area (TPSA) is 109 Å². The fourth-order valence-electron chi connectivity index (χ4n) is 3.86. The second-order valence-electron chi connectivity index (χ2n) is 7.85.